The molecule has 3 rings (SSSR count). The number of anilines is 1. The highest BCUT2D eigenvalue weighted by molar-refractivity contribution is 5.85. The van der Waals surface area contributed by atoms with Crippen LogP contribution < -0.4 is 11.1 Å². The summed E-state index contributed by atoms with van der Waals surface area (Å²) in [4.78, 5) is 8.49. The molecule has 120 valence electrons. The van der Waals surface area contributed by atoms with Crippen LogP contribution in [0.25, 0.3) is 0 Å². The third kappa shape index (κ3) is 4.53. The maximum absolute atomic E-state index is 13.1. The number of halogens is 3. The number of nitrogens with two attached hydrogens (primary N) is 1. The number of rotatable bonds is 4. The Morgan fingerprint density at radius 3 is 2.64 bits per heavy atom. The molecule has 1 aliphatic rings. The molecule has 0 saturated heterocycles. The summed E-state index contributed by atoms with van der Waals surface area (Å²) in [5.41, 5.74) is 7.71. The minimum atomic E-state index is -0.226. The highest BCUT2D eigenvalue weighted by Crippen LogP contribution is 2.34. The van der Waals surface area contributed by atoms with Gasteiger partial charge in [0.2, 0.25) is 0 Å². The van der Waals surface area contributed by atoms with E-state index in [1.54, 1.807) is 12.4 Å². The third-order valence-electron chi connectivity index (χ3n) is 3.64. The Morgan fingerprint density at radius 1 is 1.18 bits per heavy atom. The minimum Gasteiger partial charge on any atom is -0.366 e. The molecule has 1 saturated carbocycles. The predicted octanol–water partition coefficient (Wildman–Crippen LogP) is 3.28. The molecule has 0 amide bonds. The number of benzene rings is 1. The quantitative estimate of drug-likeness (QED) is 0.893. The molecule has 1 heterocycles. The van der Waals surface area contributed by atoms with Crippen LogP contribution in [0.3, 0.4) is 0 Å². The summed E-state index contributed by atoms with van der Waals surface area (Å²) in [6, 6.07) is 8.79. The molecule has 0 aliphatic heterocycles. The van der Waals surface area contributed by atoms with Gasteiger partial charge in [0.1, 0.15) is 18.0 Å². The van der Waals surface area contributed by atoms with Gasteiger partial charge in [-0.3, -0.25) is 0 Å². The van der Waals surface area contributed by atoms with E-state index in [4.69, 9.17) is 5.73 Å². The van der Waals surface area contributed by atoms with Crippen LogP contribution in [0.4, 0.5) is 10.2 Å². The zero-order valence-corrected chi connectivity index (χ0v) is 13.5. The smallest absolute Gasteiger partial charge is 0.129 e. The first-order chi connectivity index (χ1) is 9.70. The fraction of sp³-hybridized carbons (Fsp3) is 0.333. The van der Waals surface area contributed by atoms with E-state index >= 15 is 0 Å². The van der Waals surface area contributed by atoms with Gasteiger partial charge in [-0.05, 0) is 30.5 Å². The maximum atomic E-state index is 13.1. The van der Waals surface area contributed by atoms with Crippen molar-refractivity contribution in [2.24, 2.45) is 5.73 Å². The van der Waals surface area contributed by atoms with Crippen LogP contribution in [0, 0.1) is 5.82 Å². The lowest BCUT2D eigenvalue weighted by Crippen LogP contribution is -2.35. The molecule has 1 aromatic carbocycles. The van der Waals surface area contributed by atoms with Crippen molar-refractivity contribution in [3.63, 3.8) is 0 Å². The average Bonchev–Trinajstić information content (AvgIpc) is 2.42. The third-order valence-corrected chi connectivity index (χ3v) is 3.64. The summed E-state index contributed by atoms with van der Waals surface area (Å²) in [5, 5.41) is 3.19. The van der Waals surface area contributed by atoms with Gasteiger partial charge in [0.25, 0.3) is 0 Å². The zero-order valence-electron chi connectivity index (χ0n) is 11.9. The van der Waals surface area contributed by atoms with Crippen LogP contribution in [-0.2, 0) is 6.54 Å². The molecule has 0 unspecified atom stereocenters. The Balaban J connectivity index is 0.00000121. The molecular weight excluding hydrogens is 326 g/mol. The van der Waals surface area contributed by atoms with Crippen molar-refractivity contribution in [3.8, 4) is 0 Å². The summed E-state index contributed by atoms with van der Waals surface area (Å²) in [6.07, 6.45) is 3.54. The molecular formula is C15H19Cl2FN4. The predicted molar refractivity (Wildman–Crippen MR) is 90.2 cm³/mol. The van der Waals surface area contributed by atoms with Crippen LogP contribution in [-0.4, -0.2) is 16.0 Å². The lowest BCUT2D eigenvalue weighted by atomic mass is 9.79. The number of hydrogen-bond acceptors (Lipinski definition) is 4. The molecule has 3 N–H and O–H groups in total. The van der Waals surface area contributed by atoms with Crippen molar-refractivity contribution < 1.29 is 4.39 Å². The monoisotopic (exact) mass is 344 g/mol. The fourth-order valence-corrected chi connectivity index (χ4v) is 2.44. The fourth-order valence-electron chi connectivity index (χ4n) is 2.44. The largest absolute Gasteiger partial charge is 0.366 e. The number of hydrogen-bond donors (Lipinski definition) is 2. The van der Waals surface area contributed by atoms with E-state index in [0.29, 0.717) is 18.5 Å². The first-order valence-electron chi connectivity index (χ1n) is 6.76. The second-order valence-electron chi connectivity index (χ2n) is 5.24. The van der Waals surface area contributed by atoms with Gasteiger partial charge in [-0.1, -0.05) is 12.1 Å². The first-order valence-corrected chi connectivity index (χ1v) is 6.76. The zero-order chi connectivity index (χ0) is 13.9. The number of aromatic nitrogens is 2. The molecule has 0 radical (unpaired) electrons. The molecule has 1 fully saturated rings. The van der Waals surface area contributed by atoms with Crippen molar-refractivity contribution in [1.29, 1.82) is 0 Å². The maximum Gasteiger partial charge on any atom is 0.129 e. The van der Waals surface area contributed by atoms with Crippen molar-refractivity contribution in [2.75, 3.05) is 5.32 Å². The molecule has 4 nitrogen and oxygen atoms in total. The van der Waals surface area contributed by atoms with E-state index in [9.17, 15) is 4.39 Å². The van der Waals surface area contributed by atoms with Crippen molar-refractivity contribution in [2.45, 2.75) is 31.3 Å². The summed E-state index contributed by atoms with van der Waals surface area (Å²) in [5.74, 6) is 0.985. The summed E-state index contributed by atoms with van der Waals surface area (Å²) in [6.45, 7) is 0.540. The molecule has 7 heteroatoms. The molecule has 0 spiro atoms. The standard InChI is InChI=1S/C15H17FN4.2ClH/c16-12-3-1-2-10(4-12)8-18-15-7-14(19-9-20-15)11-5-13(17)6-11;;/h1-4,7,9,11,13H,5-6,8,17H2,(H,18,19,20);2*1H. The second-order valence-corrected chi connectivity index (χ2v) is 5.24. The minimum absolute atomic E-state index is 0. The first kappa shape index (κ1) is 18.6. The SMILES string of the molecule is Cl.Cl.NC1CC(c2cc(NCc3cccc(F)c3)ncn2)C1. The molecule has 1 aromatic heterocycles. The van der Waals surface area contributed by atoms with E-state index in [-0.39, 0.29) is 30.6 Å². The van der Waals surface area contributed by atoms with Crippen molar-refractivity contribution >= 4 is 30.6 Å². The van der Waals surface area contributed by atoms with Crippen LogP contribution in [0.5, 0.6) is 0 Å². The Morgan fingerprint density at radius 2 is 1.95 bits per heavy atom. The highest BCUT2D eigenvalue weighted by atomic mass is 35.5. The highest BCUT2D eigenvalue weighted by Gasteiger charge is 2.28. The van der Waals surface area contributed by atoms with Gasteiger partial charge in [0.05, 0.1) is 0 Å². The van der Waals surface area contributed by atoms with Gasteiger partial charge in [-0.2, -0.15) is 0 Å². The van der Waals surface area contributed by atoms with Gasteiger partial charge in [-0.15, -0.1) is 24.8 Å². The van der Waals surface area contributed by atoms with Crippen molar-refractivity contribution in [3.05, 3.63) is 53.7 Å². The number of nitrogens with zero attached hydrogens (tertiary/aromatic N) is 2. The topological polar surface area (TPSA) is 63.8 Å². The Labute approximate surface area is 141 Å². The average molecular weight is 345 g/mol. The van der Waals surface area contributed by atoms with Gasteiger partial charge < -0.3 is 11.1 Å². The van der Waals surface area contributed by atoms with Crippen LogP contribution in [0.1, 0.15) is 30.0 Å². The van der Waals surface area contributed by atoms with Crippen molar-refractivity contribution in [1.82, 2.24) is 9.97 Å². The summed E-state index contributed by atoms with van der Waals surface area (Å²) >= 11 is 0. The van der Waals surface area contributed by atoms with Crippen LogP contribution >= 0.6 is 24.8 Å². The van der Waals surface area contributed by atoms with E-state index in [0.717, 1.165) is 29.9 Å². The molecule has 0 bridgehead atoms. The summed E-state index contributed by atoms with van der Waals surface area (Å²) in [7, 11) is 0. The Bertz CT molecular complexity index is 606. The normalized spacial score (nSPS) is 19.4. The van der Waals surface area contributed by atoms with Gasteiger partial charge in [0.15, 0.2) is 0 Å². The van der Waals surface area contributed by atoms with E-state index < -0.39 is 0 Å². The van der Waals surface area contributed by atoms with E-state index in [2.05, 4.69) is 15.3 Å². The summed E-state index contributed by atoms with van der Waals surface area (Å²) < 4.78 is 13.1. The molecule has 1 aliphatic carbocycles. The second kappa shape index (κ2) is 8.27. The van der Waals surface area contributed by atoms with Gasteiger partial charge >= 0.3 is 0 Å². The van der Waals surface area contributed by atoms with E-state index in [1.165, 1.54) is 12.1 Å². The Hall–Kier alpha value is -1.43. The number of nitrogens with one attached hydrogen (secondary N) is 1. The van der Waals surface area contributed by atoms with Gasteiger partial charge in [0, 0.05) is 30.3 Å². The lowest BCUT2D eigenvalue weighted by molar-refractivity contribution is 0.345. The lowest BCUT2D eigenvalue weighted by Gasteiger charge is -2.31. The molecule has 22 heavy (non-hydrogen) atoms. The Kier molecular flexibility index (Phi) is 7.00. The van der Waals surface area contributed by atoms with Gasteiger partial charge in [-0.25, -0.2) is 14.4 Å². The molecule has 2 aromatic rings. The molecule has 0 atom stereocenters. The van der Waals surface area contributed by atoms with E-state index in [1.807, 2.05) is 12.1 Å². The van der Waals surface area contributed by atoms with Crippen LogP contribution in [0.2, 0.25) is 0 Å². The van der Waals surface area contributed by atoms with Crippen LogP contribution in [0.15, 0.2) is 36.7 Å².